The smallest absolute Gasteiger partial charge is 0.357 e. The second-order valence-corrected chi connectivity index (χ2v) is 11.8. The van der Waals surface area contributed by atoms with Gasteiger partial charge in [0.1, 0.15) is 5.75 Å². The summed E-state index contributed by atoms with van der Waals surface area (Å²) in [4.78, 5) is 31.2. The van der Waals surface area contributed by atoms with Gasteiger partial charge < -0.3 is 18.9 Å². The van der Waals surface area contributed by atoms with Crippen molar-refractivity contribution < 1.29 is 28.5 Å². The fourth-order valence-electron chi connectivity index (χ4n) is 6.33. The molecule has 7 heteroatoms. The lowest BCUT2D eigenvalue weighted by atomic mass is 9.72. The monoisotopic (exact) mass is 613 g/mol. The van der Waals surface area contributed by atoms with Crippen LogP contribution in [-0.2, 0) is 30.2 Å². The van der Waals surface area contributed by atoms with E-state index in [1.54, 1.807) is 14.0 Å². The van der Waals surface area contributed by atoms with Crippen molar-refractivity contribution in [2.24, 2.45) is 10.9 Å². The number of carbonyl (C=O) groups is 2. The Morgan fingerprint density at radius 3 is 1.95 bits per heavy atom. The van der Waals surface area contributed by atoms with Crippen LogP contribution in [0.15, 0.2) is 34.5 Å². The Morgan fingerprint density at radius 2 is 1.41 bits per heavy atom. The predicted molar refractivity (Wildman–Crippen MR) is 179 cm³/mol. The van der Waals surface area contributed by atoms with Gasteiger partial charge in [0.15, 0.2) is 5.70 Å². The van der Waals surface area contributed by atoms with E-state index in [4.69, 9.17) is 18.9 Å². The summed E-state index contributed by atoms with van der Waals surface area (Å²) < 4.78 is 22.3. The first-order chi connectivity index (χ1) is 21.4. The molecule has 1 aromatic rings. The van der Waals surface area contributed by atoms with E-state index in [1.165, 1.54) is 77.7 Å². The maximum atomic E-state index is 13.6. The van der Waals surface area contributed by atoms with E-state index in [0.717, 1.165) is 41.9 Å². The van der Waals surface area contributed by atoms with Gasteiger partial charge in [-0.15, -0.1) is 0 Å². The molecule has 0 radical (unpaired) electrons. The van der Waals surface area contributed by atoms with Crippen LogP contribution in [-0.4, -0.2) is 51.7 Å². The summed E-state index contributed by atoms with van der Waals surface area (Å²) in [6, 6.07) is 6.11. The standard InChI is InChI=1S/C37H59NO6/c1-7-10-11-12-13-14-15-16-17-18-19-20-21-23-29-24-22-25-31(43-8-2)32(29)33-30(26-27-41-5)28(4)38-35(37(40)42-6)34(33)36(39)44-9-3/h22,24-25,30,33H,7-21,23,26-27H2,1-6H3. The fraction of sp³-hybridized carbons (Fsp3) is 0.703. The van der Waals surface area contributed by atoms with Crippen molar-refractivity contribution in [1.82, 2.24) is 0 Å². The third kappa shape index (κ3) is 11.7. The number of esters is 2. The molecular formula is C37H59NO6. The zero-order valence-electron chi connectivity index (χ0n) is 28.5. The highest BCUT2D eigenvalue weighted by Crippen LogP contribution is 2.46. The van der Waals surface area contributed by atoms with Gasteiger partial charge in [-0.3, -0.25) is 0 Å². The van der Waals surface area contributed by atoms with Crippen LogP contribution in [0, 0.1) is 5.92 Å². The summed E-state index contributed by atoms with van der Waals surface area (Å²) in [5, 5.41) is 0. The van der Waals surface area contributed by atoms with Gasteiger partial charge in [-0.1, -0.05) is 96.1 Å². The first-order valence-corrected chi connectivity index (χ1v) is 17.2. The molecule has 0 aromatic heterocycles. The van der Waals surface area contributed by atoms with Crippen molar-refractivity contribution in [3.05, 3.63) is 40.6 Å². The Balaban J connectivity index is 2.25. The van der Waals surface area contributed by atoms with Crippen LogP contribution in [0.4, 0.5) is 0 Å². The van der Waals surface area contributed by atoms with Crippen molar-refractivity contribution in [3.63, 3.8) is 0 Å². The van der Waals surface area contributed by atoms with Crippen molar-refractivity contribution in [1.29, 1.82) is 0 Å². The highest BCUT2D eigenvalue weighted by molar-refractivity contribution is 6.06. The van der Waals surface area contributed by atoms with Crippen LogP contribution in [0.3, 0.4) is 0 Å². The summed E-state index contributed by atoms with van der Waals surface area (Å²) in [5.74, 6) is -1.11. The minimum absolute atomic E-state index is 0.0142. The first-order valence-electron chi connectivity index (χ1n) is 17.2. The lowest BCUT2D eigenvalue weighted by Gasteiger charge is -2.35. The molecule has 0 aliphatic carbocycles. The van der Waals surface area contributed by atoms with Gasteiger partial charge in [-0.05, 0) is 51.7 Å². The van der Waals surface area contributed by atoms with Gasteiger partial charge in [0.05, 0.1) is 25.9 Å². The largest absolute Gasteiger partial charge is 0.494 e. The Hall–Kier alpha value is -2.67. The lowest BCUT2D eigenvalue weighted by Crippen LogP contribution is -2.34. The van der Waals surface area contributed by atoms with Crippen molar-refractivity contribution >= 4 is 17.7 Å². The molecule has 2 rings (SSSR count). The quantitative estimate of drug-likeness (QED) is 0.0905. The van der Waals surface area contributed by atoms with E-state index >= 15 is 0 Å². The first kappa shape index (κ1) is 37.5. The van der Waals surface area contributed by atoms with Crippen LogP contribution in [0.25, 0.3) is 0 Å². The molecule has 248 valence electrons. The third-order valence-corrected chi connectivity index (χ3v) is 8.62. The van der Waals surface area contributed by atoms with Crippen LogP contribution in [0.2, 0.25) is 0 Å². The lowest BCUT2D eigenvalue weighted by molar-refractivity contribution is -0.141. The zero-order chi connectivity index (χ0) is 32.2. The molecule has 0 saturated heterocycles. The SMILES string of the molecule is CCCCCCCCCCCCCCCc1cccc(OCC)c1C1C(C(=O)OCC)=C(C(=O)OC)N=C(C)C1CCOC. The molecular weight excluding hydrogens is 554 g/mol. The summed E-state index contributed by atoms with van der Waals surface area (Å²) in [6.45, 7) is 9.06. The van der Waals surface area contributed by atoms with Crippen LogP contribution in [0.1, 0.15) is 135 Å². The number of unbranched alkanes of at least 4 members (excludes halogenated alkanes) is 12. The normalized spacial score (nSPS) is 16.5. The number of hydrogen-bond donors (Lipinski definition) is 0. The van der Waals surface area contributed by atoms with Gasteiger partial charge in [0, 0.05) is 36.8 Å². The van der Waals surface area contributed by atoms with Gasteiger partial charge in [-0.2, -0.15) is 0 Å². The zero-order valence-corrected chi connectivity index (χ0v) is 28.5. The van der Waals surface area contributed by atoms with Crippen molar-refractivity contribution in [2.75, 3.05) is 34.0 Å². The molecule has 0 N–H and O–H groups in total. The minimum atomic E-state index is -0.644. The number of benzene rings is 1. The van der Waals surface area contributed by atoms with Gasteiger partial charge in [-0.25, -0.2) is 14.6 Å². The molecule has 1 aliphatic heterocycles. The summed E-state index contributed by atoms with van der Waals surface area (Å²) in [5.41, 5.74) is 3.09. The molecule has 0 bridgehead atoms. The second-order valence-electron chi connectivity index (χ2n) is 11.8. The molecule has 0 amide bonds. The number of nitrogens with zero attached hydrogens (tertiary/aromatic N) is 1. The third-order valence-electron chi connectivity index (χ3n) is 8.62. The highest BCUT2D eigenvalue weighted by atomic mass is 16.5. The Kier molecular flexibility index (Phi) is 18.7. The van der Waals surface area contributed by atoms with Crippen molar-refractivity contribution in [3.8, 4) is 5.75 Å². The molecule has 0 saturated carbocycles. The van der Waals surface area contributed by atoms with Gasteiger partial charge in [0.2, 0.25) is 0 Å². The summed E-state index contributed by atoms with van der Waals surface area (Å²) in [6.07, 6.45) is 18.4. The summed E-state index contributed by atoms with van der Waals surface area (Å²) >= 11 is 0. The molecule has 2 unspecified atom stereocenters. The van der Waals surface area contributed by atoms with Gasteiger partial charge in [0.25, 0.3) is 0 Å². The van der Waals surface area contributed by atoms with E-state index in [1.807, 2.05) is 26.0 Å². The number of aryl methyl sites for hydroxylation is 1. The Labute approximate surface area is 267 Å². The minimum Gasteiger partial charge on any atom is -0.494 e. The molecule has 2 atom stereocenters. The van der Waals surface area contributed by atoms with Crippen LogP contribution in [0.5, 0.6) is 5.75 Å². The Bertz CT molecular complexity index is 1060. The second kappa shape index (κ2) is 21.9. The number of methoxy groups -OCH3 is 2. The molecule has 0 fully saturated rings. The molecule has 0 spiro atoms. The van der Waals surface area contributed by atoms with E-state index in [2.05, 4.69) is 18.0 Å². The van der Waals surface area contributed by atoms with E-state index in [0.29, 0.717) is 19.6 Å². The number of hydrogen-bond acceptors (Lipinski definition) is 7. The van der Waals surface area contributed by atoms with Crippen LogP contribution >= 0.6 is 0 Å². The molecule has 1 heterocycles. The molecule has 7 nitrogen and oxygen atoms in total. The summed E-state index contributed by atoms with van der Waals surface area (Å²) in [7, 11) is 2.98. The fourth-order valence-corrected chi connectivity index (χ4v) is 6.33. The average Bonchev–Trinajstić information content (AvgIpc) is 3.02. The van der Waals surface area contributed by atoms with E-state index in [9.17, 15) is 9.59 Å². The highest BCUT2D eigenvalue weighted by Gasteiger charge is 2.42. The molecule has 44 heavy (non-hydrogen) atoms. The predicted octanol–water partition coefficient (Wildman–Crippen LogP) is 8.92. The molecule has 1 aliphatic rings. The van der Waals surface area contributed by atoms with Crippen LogP contribution < -0.4 is 4.74 Å². The molecule has 1 aromatic carbocycles. The number of rotatable bonds is 23. The maximum Gasteiger partial charge on any atom is 0.357 e. The van der Waals surface area contributed by atoms with Crippen molar-refractivity contribution in [2.45, 2.75) is 130 Å². The van der Waals surface area contributed by atoms with E-state index < -0.39 is 17.9 Å². The average molecular weight is 614 g/mol. The number of ether oxygens (including phenoxy) is 4. The maximum absolute atomic E-state index is 13.6. The van der Waals surface area contributed by atoms with Gasteiger partial charge >= 0.3 is 11.9 Å². The Morgan fingerprint density at radius 1 is 0.795 bits per heavy atom. The number of carbonyl (C=O) groups excluding carboxylic acids is 2. The number of aliphatic imine (C=N–C) groups is 1. The topological polar surface area (TPSA) is 83.4 Å². The van der Waals surface area contributed by atoms with E-state index in [-0.39, 0.29) is 23.8 Å².